The number of rotatable bonds is 5. The average Bonchev–Trinajstić information content (AvgIpc) is 2.98. The summed E-state index contributed by atoms with van der Waals surface area (Å²) in [6, 6.07) is 15.1. The maximum Gasteiger partial charge on any atom is 0.115 e. The summed E-state index contributed by atoms with van der Waals surface area (Å²) in [6.45, 7) is 0. The summed E-state index contributed by atoms with van der Waals surface area (Å²) in [5.41, 5.74) is 4.30. The Morgan fingerprint density at radius 3 is 2.33 bits per heavy atom. The standard InChI is InChI=1S/C20H17BrO3/c21-16-7-1-13(2-8-16)18-11-5-15(6-12-19(23)24)20(18)14-3-9-17(22)10-4-14/h1-5,7-11,20,22H,6,12H2,(H,23,24)/p-1/t20-/m0/s1. The molecule has 0 unspecified atom stereocenters. The van der Waals surface area contributed by atoms with E-state index >= 15 is 0 Å². The van der Waals surface area contributed by atoms with Gasteiger partial charge in [-0.2, -0.15) is 0 Å². The lowest BCUT2D eigenvalue weighted by Crippen LogP contribution is -2.22. The second kappa shape index (κ2) is 7.05. The van der Waals surface area contributed by atoms with Crippen LogP contribution in [0.15, 0.2) is 70.7 Å². The van der Waals surface area contributed by atoms with Gasteiger partial charge in [0.1, 0.15) is 5.75 Å². The molecular weight excluding hydrogens is 368 g/mol. The molecule has 3 rings (SSSR count). The second-order valence-electron chi connectivity index (χ2n) is 5.77. The SMILES string of the molecule is O=C([O-])CCC1=CC=C(c2ccc(Br)cc2)[C@H]1c1ccc(O)cc1. The van der Waals surface area contributed by atoms with E-state index in [9.17, 15) is 15.0 Å². The van der Waals surface area contributed by atoms with Gasteiger partial charge in [-0.25, -0.2) is 0 Å². The lowest BCUT2D eigenvalue weighted by Gasteiger charge is -2.21. The Balaban J connectivity index is 1.95. The fourth-order valence-electron chi connectivity index (χ4n) is 3.03. The summed E-state index contributed by atoms with van der Waals surface area (Å²) in [7, 11) is 0. The largest absolute Gasteiger partial charge is 0.550 e. The van der Waals surface area contributed by atoms with Crippen LogP contribution in [0.25, 0.3) is 5.57 Å². The van der Waals surface area contributed by atoms with Crippen molar-refractivity contribution in [3.05, 3.63) is 81.9 Å². The molecule has 0 aliphatic heterocycles. The van der Waals surface area contributed by atoms with E-state index in [1.807, 2.05) is 48.6 Å². The molecule has 24 heavy (non-hydrogen) atoms. The first kappa shape index (κ1) is 16.5. The molecule has 1 aliphatic rings. The van der Waals surface area contributed by atoms with Gasteiger partial charge in [0.25, 0.3) is 0 Å². The van der Waals surface area contributed by atoms with Gasteiger partial charge in [-0.3, -0.25) is 0 Å². The molecule has 122 valence electrons. The van der Waals surface area contributed by atoms with Crippen LogP contribution in [0.2, 0.25) is 0 Å². The van der Waals surface area contributed by atoms with Crippen LogP contribution in [-0.4, -0.2) is 11.1 Å². The van der Waals surface area contributed by atoms with Gasteiger partial charge >= 0.3 is 0 Å². The highest BCUT2D eigenvalue weighted by molar-refractivity contribution is 9.10. The average molecular weight is 384 g/mol. The van der Waals surface area contributed by atoms with E-state index in [0.717, 1.165) is 26.7 Å². The molecule has 0 fully saturated rings. The number of carboxylic acids is 1. The minimum absolute atomic E-state index is 0.00186. The number of allylic oxidation sites excluding steroid dienone is 4. The molecule has 0 saturated heterocycles. The first-order chi connectivity index (χ1) is 11.5. The number of aromatic hydroxyl groups is 1. The summed E-state index contributed by atoms with van der Waals surface area (Å²) in [6.07, 6.45) is 4.50. The third-order valence-electron chi connectivity index (χ3n) is 4.18. The number of phenols is 1. The molecule has 0 saturated carbocycles. The maximum absolute atomic E-state index is 10.8. The van der Waals surface area contributed by atoms with Crippen LogP contribution in [-0.2, 0) is 4.79 Å². The number of phenolic OH excluding ortho intramolecular Hbond substituents is 1. The van der Waals surface area contributed by atoms with Crippen molar-refractivity contribution in [3.8, 4) is 5.75 Å². The van der Waals surface area contributed by atoms with Crippen LogP contribution >= 0.6 is 15.9 Å². The normalized spacial score (nSPS) is 16.6. The number of carbonyl (C=O) groups excluding carboxylic acids is 1. The summed E-state index contributed by atoms with van der Waals surface area (Å²) in [5.74, 6) is -0.838. The van der Waals surface area contributed by atoms with Crippen LogP contribution in [0.4, 0.5) is 0 Å². The van der Waals surface area contributed by atoms with Gasteiger partial charge < -0.3 is 15.0 Å². The van der Waals surface area contributed by atoms with Crippen LogP contribution < -0.4 is 5.11 Å². The van der Waals surface area contributed by atoms with Gasteiger partial charge in [-0.05, 0) is 53.8 Å². The van der Waals surface area contributed by atoms with E-state index < -0.39 is 5.97 Å². The fourth-order valence-corrected chi connectivity index (χ4v) is 3.29. The number of aliphatic carboxylic acids is 1. The molecule has 0 radical (unpaired) electrons. The van der Waals surface area contributed by atoms with Crippen molar-refractivity contribution in [3.63, 3.8) is 0 Å². The van der Waals surface area contributed by atoms with Crippen molar-refractivity contribution in [2.75, 3.05) is 0 Å². The second-order valence-corrected chi connectivity index (χ2v) is 6.68. The van der Waals surface area contributed by atoms with E-state index in [4.69, 9.17) is 0 Å². The zero-order valence-corrected chi connectivity index (χ0v) is 14.5. The predicted octanol–water partition coefficient (Wildman–Crippen LogP) is 3.79. The number of carbonyl (C=O) groups is 1. The molecule has 0 amide bonds. The van der Waals surface area contributed by atoms with Gasteiger partial charge in [0, 0.05) is 16.4 Å². The highest BCUT2D eigenvalue weighted by Crippen LogP contribution is 2.44. The van der Waals surface area contributed by atoms with Crippen LogP contribution in [0.5, 0.6) is 5.75 Å². The Morgan fingerprint density at radius 2 is 1.71 bits per heavy atom. The van der Waals surface area contributed by atoms with Crippen molar-refractivity contribution in [1.82, 2.24) is 0 Å². The number of benzene rings is 2. The van der Waals surface area contributed by atoms with E-state index in [0.29, 0.717) is 6.42 Å². The van der Waals surface area contributed by atoms with Gasteiger partial charge in [-0.1, -0.05) is 57.9 Å². The quantitative estimate of drug-likeness (QED) is 0.853. The molecule has 1 N–H and O–H groups in total. The Bertz CT molecular complexity index is 802. The van der Waals surface area contributed by atoms with Gasteiger partial charge in [0.2, 0.25) is 0 Å². The zero-order valence-electron chi connectivity index (χ0n) is 12.9. The number of carboxylic acid groups (broad SMARTS) is 1. The van der Waals surface area contributed by atoms with Crippen molar-refractivity contribution in [2.24, 2.45) is 0 Å². The molecule has 0 aromatic heterocycles. The number of hydrogen-bond donors (Lipinski definition) is 1. The van der Waals surface area contributed by atoms with Crippen LogP contribution in [0.1, 0.15) is 29.9 Å². The summed E-state index contributed by atoms with van der Waals surface area (Å²) in [4.78, 5) is 10.8. The van der Waals surface area contributed by atoms with Crippen molar-refractivity contribution in [1.29, 1.82) is 0 Å². The van der Waals surface area contributed by atoms with Crippen molar-refractivity contribution in [2.45, 2.75) is 18.8 Å². The summed E-state index contributed by atoms with van der Waals surface area (Å²) >= 11 is 3.44. The molecule has 0 heterocycles. The van der Waals surface area contributed by atoms with Gasteiger partial charge in [0.15, 0.2) is 0 Å². The first-order valence-corrected chi connectivity index (χ1v) is 8.49. The molecule has 3 nitrogen and oxygen atoms in total. The highest BCUT2D eigenvalue weighted by atomic mass is 79.9. The highest BCUT2D eigenvalue weighted by Gasteiger charge is 2.25. The Morgan fingerprint density at radius 1 is 1.04 bits per heavy atom. The Kier molecular flexibility index (Phi) is 4.86. The third-order valence-corrected chi connectivity index (χ3v) is 4.71. The lowest BCUT2D eigenvalue weighted by atomic mass is 9.83. The van der Waals surface area contributed by atoms with E-state index in [2.05, 4.69) is 15.9 Å². The zero-order chi connectivity index (χ0) is 17.1. The van der Waals surface area contributed by atoms with E-state index in [1.165, 1.54) is 0 Å². The molecule has 1 atom stereocenters. The van der Waals surface area contributed by atoms with E-state index in [1.54, 1.807) is 12.1 Å². The lowest BCUT2D eigenvalue weighted by molar-refractivity contribution is -0.305. The van der Waals surface area contributed by atoms with E-state index in [-0.39, 0.29) is 18.1 Å². The third kappa shape index (κ3) is 3.60. The Hall–Kier alpha value is -2.33. The molecule has 0 bridgehead atoms. The first-order valence-electron chi connectivity index (χ1n) is 7.70. The molecule has 4 heteroatoms. The smallest absolute Gasteiger partial charge is 0.115 e. The van der Waals surface area contributed by atoms with Gasteiger partial charge in [-0.15, -0.1) is 0 Å². The minimum atomic E-state index is -1.04. The Labute approximate surface area is 149 Å². The molecular formula is C20H16BrO3-. The fraction of sp³-hybridized carbons (Fsp3) is 0.150. The van der Waals surface area contributed by atoms with Crippen molar-refractivity contribution >= 4 is 27.5 Å². The molecule has 2 aromatic carbocycles. The topological polar surface area (TPSA) is 60.4 Å². The monoisotopic (exact) mass is 383 g/mol. The van der Waals surface area contributed by atoms with Gasteiger partial charge in [0.05, 0.1) is 0 Å². The maximum atomic E-state index is 10.8. The van der Waals surface area contributed by atoms with Crippen LogP contribution in [0.3, 0.4) is 0 Å². The minimum Gasteiger partial charge on any atom is -0.550 e. The summed E-state index contributed by atoms with van der Waals surface area (Å²) < 4.78 is 1.01. The number of halogens is 1. The summed E-state index contributed by atoms with van der Waals surface area (Å²) in [5, 5.41) is 20.4. The number of hydrogen-bond acceptors (Lipinski definition) is 3. The predicted molar refractivity (Wildman–Crippen MR) is 95.3 cm³/mol. The van der Waals surface area contributed by atoms with Crippen LogP contribution in [0, 0.1) is 0 Å². The van der Waals surface area contributed by atoms with Crippen molar-refractivity contribution < 1.29 is 15.0 Å². The molecule has 2 aromatic rings. The molecule has 0 spiro atoms. The molecule has 1 aliphatic carbocycles.